The van der Waals surface area contributed by atoms with Crippen LogP contribution in [0.3, 0.4) is 0 Å². The zero-order chi connectivity index (χ0) is 28.5. The molecule has 3 aromatic carbocycles. The smallest absolute Gasteiger partial charge is 0.176 e. The van der Waals surface area contributed by atoms with E-state index in [-0.39, 0.29) is 16.5 Å². The second-order valence-electron chi connectivity index (χ2n) is 10.8. The molecular weight excluding hydrogens is 538 g/mol. The van der Waals surface area contributed by atoms with Crippen LogP contribution in [0.4, 0.5) is 8.78 Å². The molecule has 1 atom stereocenters. The Hall–Kier alpha value is -2.58. The van der Waals surface area contributed by atoms with Crippen LogP contribution >= 0.6 is 11.6 Å². The van der Waals surface area contributed by atoms with Crippen LogP contribution in [0, 0.1) is 11.6 Å². The van der Waals surface area contributed by atoms with Gasteiger partial charge >= 0.3 is 0 Å². The van der Waals surface area contributed by atoms with E-state index >= 15 is 0 Å². The van der Waals surface area contributed by atoms with Gasteiger partial charge in [0.25, 0.3) is 0 Å². The van der Waals surface area contributed by atoms with Crippen LogP contribution in [0.1, 0.15) is 56.0 Å². The molecule has 208 valence electrons. The van der Waals surface area contributed by atoms with Gasteiger partial charge in [0.15, 0.2) is 9.84 Å². The fourth-order valence-electron chi connectivity index (χ4n) is 5.37. The molecule has 1 heterocycles. The molecule has 0 aliphatic carbocycles. The van der Waals surface area contributed by atoms with Gasteiger partial charge in [0.05, 0.1) is 10.9 Å². The van der Waals surface area contributed by atoms with Gasteiger partial charge in [0.2, 0.25) is 0 Å². The highest BCUT2D eigenvalue weighted by atomic mass is 35.5. The molecule has 1 saturated heterocycles. The lowest BCUT2D eigenvalue weighted by atomic mass is 9.91. The van der Waals surface area contributed by atoms with Crippen molar-refractivity contribution >= 4 is 26.3 Å². The molecule has 4 nitrogen and oxygen atoms in total. The van der Waals surface area contributed by atoms with E-state index in [0.717, 1.165) is 42.1 Å². The SMILES string of the molecule is CC(C)N(Cc1ccc([C@H](c2ccc(Cl)cc2)N2CC(=C(c3cc(F)cc(F)c3)S(C)(=O)=O)C2)cc1)C(C)C. The summed E-state index contributed by atoms with van der Waals surface area (Å²) in [5, 5.41) is 0.631. The predicted octanol–water partition coefficient (Wildman–Crippen LogP) is 7.10. The molecule has 0 unspecified atom stereocenters. The van der Waals surface area contributed by atoms with Crippen LogP contribution in [0.2, 0.25) is 5.02 Å². The molecule has 0 amide bonds. The first-order chi connectivity index (χ1) is 18.3. The minimum absolute atomic E-state index is 0.00943. The number of hydrogen-bond acceptors (Lipinski definition) is 4. The molecule has 0 bridgehead atoms. The van der Waals surface area contributed by atoms with Gasteiger partial charge in [-0.3, -0.25) is 9.80 Å². The van der Waals surface area contributed by atoms with Gasteiger partial charge in [-0.1, -0.05) is 48.0 Å². The quantitative estimate of drug-likeness (QED) is 0.274. The second kappa shape index (κ2) is 11.9. The molecule has 3 aromatic rings. The number of rotatable bonds is 9. The Morgan fingerprint density at radius 1 is 0.872 bits per heavy atom. The fourth-order valence-corrected chi connectivity index (χ4v) is 6.70. The van der Waals surface area contributed by atoms with E-state index in [9.17, 15) is 17.2 Å². The molecule has 1 aliphatic heterocycles. The summed E-state index contributed by atoms with van der Waals surface area (Å²) in [6.07, 6.45) is 1.08. The van der Waals surface area contributed by atoms with E-state index in [0.29, 0.717) is 35.8 Å². The summed E-state index contributed by atoms with van der Waals surface area (Å²) < 4.78 is 53.4. The molecule has 8 heteroatoms. The van der Waals surface area contributed by atoms with E-state index < -0.39 is 21.5 Å². The van der Waals surface area contributed by atoms with E-state index in [4.69, 9.17) is 11.6 Å². The molecule has 4 rings (SSSR count). The zero-order valence-electron chi connectivity index (χ0n) is 23.0. The molecule has 39 heavy (non-hydrogen) atoms. The Labute approximate surface area is 235 Å². The van der Waals surface area contributed by atoms with Gasteiger partial charge in [-0.15, -0.1) is 0 Å². The molecule has 0 spiro atoms. The second-order valence-corrected chi connectivity index (χ2v) is 13.2. The lowest BCUT2D eigenvalue weighted by molar-refractivity contribution is 0.166. The number of halogens is 3. The summed E-state index contributed by atoms with van der Waals surface area (Å²) in [4.78, 5) is 4.58. The van der Waals surface area contributed by atoms with Gasteiger partial charge in [0, 0.05) is 49.1 Å². The van der Waals surface area contributed by atoms with Crippen molar-refractivity contribution in [3.8, 4) is 0 Å². The van der Waals surface area contributed by atoms with Crippen molar-refractivity contribution in [2.45, 2.75) is 52.4 Å². The minimum atomic E-state index is -3.73. The third-order valence-corrected chi connectivity index (χ3v) is 8.66. The molecule has 1 aliphatic rings. The van der Waals surface area contributed by atoms with Crippen LogP contribution < -0.4 is 0 Å². The first kappa shape index (κ1) is 29.4. The highest BCUT2D eigenvalue weighted by Crippen LogP contribution is 2.39. The van der Waals surface area contributed by atoms with Crippen LogP contribution in [0.25, 0.3) is 4.91 Å². The Morgan fingerprint density at radius 3 is 1.82 bits per heavy atom. The van der Waals surface area contributed by atoms with Crippen molar-refractivity contribution in [2.75, 3.05) is 19.3 Å². The third kappa shape index (κ3) is 6.95. The van der Waals surface area contributed by atoms with Crippen molar-refractivity contribution in [1.82, 2.24) is 9.80 Å². The number of benzene rings is 3. The van der Waals surface area contributed by atoms with Crippen LogP contribution in [-0.2, 0) is 16.4 Å². The van der Waals surface area contributed by atoms with Crippen molar-refractivity contribution in [3.05, 3.63) is 111 Å². The van der Waals surface area contributed by atoms with Crippen molar-refractivity contribution in [2.24, 2.45) is 0 Å². The number of likely N-dealkylation sites (tertiary alicyclic amines) is 1. The van der Waals surface area contributed by atoms with Crippen LogP contribution in [-0.4, -0.2) is 49.6 Å². The first-order valence-corrected chi connectivity index (χ1v) is 15.3. The average molecular weight is 573 g/mol. The largest absolute Gasteiger partial charge is 0.294 e. The molecule has 0 aromatic heterocycles. The van der Waals surface area contributed by atoms with Crippen molar-refractivity contribution in [3.63, 3.8) is 0 Å². The Kier molecular flexibility index (Phi) is 8.96. The summed E-state index contributed by atoms with van der Waals surface area (Å²) in [5.74, 6) is -1.62. The number of sulfone groups is 1. The predicted molar refractivity (Wildman–Crippen MR) is 155 cm³/mol. The van der Waals surface area contributed by atoms with Crippen molar-refractivity contribution in [1.29, 1.82) is 0 Å². The maximum atomic E-state index is 14.0. The molecule has 0 radical (unpaired) electrons. The van der Waals surface area contributed by atoms with Gasteiger partial charge < -0.3 is 0 Å². The van der Waals surface area contributed by atoms with E-state index in [1.807, 2.05) is 24.3 Å². The third-order valence-electron chi connectivity index (χ3n) is 7.14. The Morgan fingerprint density at radius 2 is 1.36 bits per heavy atom. The molecule has 1 fully saturated rings. The van der Waals surface area contributed by atoms with E-state index in [1.54, 1.807) is 0 Å². The summed E-state index contributed by atoms with van der Waals surface area (Å²) in [7, 11) is -3.73. The summed E-state index contributed by atoms with van der Waals surface area (Å²) in [6.45, 7) is 10.3. The monoisotopic (exact) mass is 572 g/mol. The highest BCUT2D eigenvalue weighted by Gasteiger charge is 2.35. The van der Waals surface area contributed by atoms with Crippen molar-refractivity contribution < 1.29 is 17.2 Å². The molecule has 0 saturated carbocycles. The molecular formula is C31H35ClF2N2O2S. The highest BCUT2D eigenvalue weighted by molar-refractivity contribution is 8.00. The minimum Gasteiger partial charge on any atom is -0.294 e. The van der Waals surface area contributed by atoms with Gasteiger partial charge in [-0.25, -0.2) is 17.2 Å². The lowest BCUT2D eigenvalue weighted by Gasteiger charge is -2.42. The normalized spacial score (nSPS) is 15.2. The summed E-state index contributed by atoms with van der Waals surface area (Å²) in [5.41, 5.74) is 3.97. The van der Waals surface area contributed by atoms with Gasteiger partial charge in [-0.05, 0) is 79.8 Å². The van der Waals surface area contributed by atoms with E-state index in [1.165, 1.54) is 5.56 Å². The Balaban J connectivity index is 1.67. The van der Waals surface area contributed by atoms with Gasteiger partial charge in [-0.2, -0.15) is 0 Å². The Bertz CT molecular complexity index is 1420. The zero-order valence-corrected chi connectivity index (χ0v) is 24.5. The fraction of sp³-hybridized carbons (Fsp3) is 0.355. The maximum absolute atomic E-state index is 14.0. The van der Waals surface area contributed by atoms with E-state index in [2.05, 4.69) is 61.8 Å². The number of hydrogen-bond donors (Lipinski definition) is 0. The molecule has 0 N–H and O–H groups in total. The average Bonchev–Trinajstić information content (AvgIpc) is 2.81. The topological polar surface area (TPSA) is 40.6 Å². The van der Waals surface area contributed by atoms with Crippen LogP contribution in [0.15, 0.2) is 72.3 Å². The summed E-state index contributed by atoms with van der Waals surface area (Å²) in [6, 6.07) is 19.7. The van der Waals surface area contributed by atoms with Crippen LogP contribution in [0.5, 0.6) is 0 Å². The standard InChI is InChI=1S/C31H35ClF2N2O2S/c1-20(2)36(21(3)4)17-22-6-8-23(9-7-22)30(24-10-12-27(32)13-11-24)35-18-26(19-35)31(39(5,37)38)25-14-28(33)16-29(34)15-25/h6-16,20-21,30H,17-19H2,1-5H3/t30-/m1/s1. The number of nitrogens with zero attached hydrogens (tertiary/aromatic N) is 2. The van der Waals surface area contributed by atoms with Gasteiger partial charge in [0.1, 0.15) is 11.6 Å². The summed E-state index contributed by atoms with van der Waals surface area (Å²) >= 11 is 6.16. The lowest BCUT2D eigenvalue weighted by Crippen LogP contribution is -2.44. The maximum Gasteiger partial charge on any atom is 0.176 e. The first-order valence-electron chi connectivity index (χ1n) is 13.1.